The number of amides is 1. The number of benzene rings is 5. The third-order valence-corrected chi connectivity index (χ3v) is 12.2. The first kappa shape index (κ1) is 42.1. The highest BCUT2D eigenvalue weighted by Gasteiger charge is 2.34. The highest BCUT2D eigenvalue weighted by molar-refractivity contribution is 6.07. The molecule has 324 valence electrons. The second-order valence-electron chi connectivity index (χ2n) is 16.6. The van der Waals surface area contributed by atoms with Gasteiger partial charge in [0.1, 0.15) is 5.82 Å². The molecule has 2 aliphatic heterocycles. The molecule has 0 bridgehead atoms. The smallest absolute Gasteiger partial charge is 0.257 e. The lowest BCUT2D eigenvalue weighted by Gasteiger charge is -2.33. The van der Waals surface area contributed by atoms with Crippen LogP contribution in [0.4, 0.5) is 39.9 Å². The third-order valence-electron chi connectivity index (χ3n) is 12.2. The first-order valence-corrected chi connectivity index (χ1v) is 22.1. The maximum atomic E-state index is 12.9. The van der Waals surface area contributed by atoms with E-state index in [-0.39, 0.29) is 11.7 Å². The molecule has 10 rings (SSSR count). The number of aromatic nitrogens is 2. The van der Waals surface area contributed by atoms with Gasteiger partial charge >= 0.3 is 0 Å². The van der Waals surface area contributed by atoms with Crippen molar-refractivity contribution in [1.82, 2.24) is 15.3 Å². The number of allylic oxidation sites excluding steroid dienone is 1. The van der Waals surface area contributed by atoms with Crippen LogP contribution in [0.5, 0.6) is 0 Å². The van der Waals surface area contributed by atoms with E-state index in [9.17, 15) is 4.79 Å². The molecule has 11 heteroatoms. The SMILES string of the molecule is COCCN(C)c1ccc2c(c1C1CC1)N(c1cc(-c3ccccc3)ccc1N)C=CC2.Nc1ncc(-c2ccccc2)cc1NC(=O)c1cnc2cc(N3CCNCC3)ccc2c1. The molecule has 0 radical (unpaired) electrons. The van der Waals surface area contributed by atoms with Crippen molar-refractivity contribution in [3.63, 3.8) is 0 Å². The van der Waals surface area contributed by atoms with E-state index < -0.39 is 0 Å². The lowest BCUT2D eigenvalue weighted by molar-refractivity contribution is 0.102. The summed E-state index contributed by atoms with van der Waals surface area (Å²) in [6.45, 7) is 5.50. The van der Waals surface area contributed by atoms with Crippen LogP contribution in [-0.4, -0.2) is 69.4 Å². The molecule has 0 atom stereocenters. The monoisotopic (exact) mass is 849 g/mol. The summed E-state index contributed by atoms with van der Waals surface area (Å²) in [7, 11) is 3.93. The summed E-state index contributed by atoms with van der Waals surface area (Å²) in [4.78, 5) is 28.7. The number of nitrogens with one attached hydrogen (secondary N) is 2. The Bertz CT molecular complexity index is 2790. The minimum absolute atomic E-state index is 0.271. The summed E-state index contributed by atoms with van der Waals surface area (Å²) >= 11 is 0. The van der Waals surface area contributed by atoms with Gasteiger partial charge in [0.15, 0.2) is 0 Å². The number of piperazine rings is 1. The van der Waals surface area contributed by atoms with Crippen LogP contribution in [0.15, 0.2) is 146 Å². The molecule has 3 aliphatic rings. The lowest BCUT2D eigenvalue weighted by atomic mass is 9.94. The van der Waals surface area contributed by atoms with E-state index in [1.807, 2.05) is 54.6 Å². The Hall–Kier alpha value is -7.21. The number of pyridine rings is 2. The summed E-state index contributed by atoms with van der Waals surface area (Å²) in [6, 6.07) is 41.2. The second-order valence-corrected chi connectivity index (χ2v) is 16.6. The van der Waals surface area contributed by atoms with Gasteiger partial charge in [0, 0.05) is 93.4 Å². The largest absolute Gasteiger partial charge is 0.397 e. The molecule has 11 nitrogen and oxygen atoms in total. The Labute approximate surface area is 375 Å². The zero-order chi connectivity index (χ0) is 44.0. The molecule has 2 aromatic heterocycles. The Morgan fingerprint density at radius 1 is 0.828 bits per heavy atom. The minimum Gasteiger partial charge on any atom is -0.397 e. The van der Waals surface area contributed by atoms with Gasteiger partial charge < -0.3 is 41.5 Å². The Balaban J connectivity index is 0.000000162. The lowest BCUT2D eigenvalue weighted by Crippen LogP contribution is -2.43. The number of nitrogen functional groups attached to an aromatic ring is 2. The van der Waals surface area contributed by atoms with Crippen molar-refractivity contribution in [2.45, 2.75) is 25.2 Å². The summed E-state index contributed by atoms with van der Waals surface area (Å²) in [5.41, 5.74) is 27.1. The number of hydrogen-bond acceptors (Lipinski definition) is 10. The predicted molar refractivity (Wildman–Crippen MR) is 264 cm³/mol. The summed E-state index contributed by atoms with van der Waals surface area (Å²) in [5, 5.41) is 7.16. The van der Waals surface area contributed by atoms with Crippen LogP contribution in [-0.2, 0) is 11.2 Å². The first-order valence-electron chi connectivity index (χ1n) is 22.1. The van der Waals surface area contributed by atoms with Crippen molar-refractivity contribution in [3.05, 3.63) is 163 Å². The van der Waals surface area contributed by atoms with Crippen LogP contribution < -0.4 is 36.8 Å². The maximum Gasteiger partial charge on any atom is 0.257 e. The molecular formula is C53H55N9O2. The molecule has 1 amide bonds. The van der Waals surface area contributed by atoms with Crippen LogP contribution in [0.3, 0.4) is 0 Å². The summed E-state index contributed by atoms with van der Waals surface area (Å²) in [6.07, 6.45) is 11.2. The standard InChI is InChI=1S/C28H31N3O.C25H24N6O/c1-30(17-18-32-2)25-15-13-22-9-6-16-31(28(22)27(25)21-10-11-21)26-19-23(12-14-24(26)29)20-7-4-3-5-8-20;26-24-23(13-19(15-29-24)17-4-2-1-3-5-17)30-25(32)20-12-18-6-7-21(14-22(18)28-16-20)31-10-8-27-9-11-31/h3-8,12-16,19,21H,9-11,17-18,29H2,1-2H3;1-7,12-16,27H,8-11H2,(H2,26,29)(H,30,32). The van der Waals surface area contributed by atoms with Crippen LogP contribution in [0.2, 0.25) is 0 Å². The molecule has 1 saturated carbocycles. The number of rotatable bonds is 11. The first-order chi connectivity index (χ1) is 31.3. The zero-order valence-electron chi connectivity index (χ0n) is 36.5. The number of nitrogens with zero attached hydrogens (tertiary/aromatic N) is 5. The average Bonchev–Trinajstić information content (AvgIpc) is 4.20. The third kappa shape index (κ3) is 9.27. The summed E-state index contributed by atoms with van der Waals surface area (Å²) in [5.74, 6) is 0.606. The van der Waals surface area contributed by atoms with Gasteiger partial charge in [-0.15, -0.1) is 0 Å². The molecule has 7 aromatic rings. The normalized spacial score (nSPS) is 14.4. The van der Waals surface area contributed by atoms with Gasteiger partial charge in [-0.1, -0.05) is 84.9 Å². The average molecular weight is 850 g/mol. The van der Waals surface area contributed by atoms with E-state index >= 15 is 0 Å². The molecule has 5 aromatic carbocycles. The van der Waals surface area contributed by atoms with Crippen molar-refractivity contribution in [2.24, 2.45) is 0 Å². The number of carbonyl (C=O) groups excluding carboxylic acids is 1. The van der Waals surface area contributed by atoms with E-state index in [0.29, 0.717) is 23.8 Å². The van der Waals surface area contributed by atoms with Gasteiger partial charge in [0.25, 0.3) is 5.91 Å². The maximum absolute atomic E-state index is 12.9. The molecule has 0 unspecified atom stereocenters. The highest BCUT2D eigenvalue weighted by Crippen LogP contribution is 2.53. The quantitative estimate of drug-likeness (QED) is 0.0932. The van der Waals surface area contributed by atoms with E-state index in [0.717, 1.165) is 78.2 Å². The van der Waals surface area contributed by atoms with Crippen molar-refractivity contribution in [1.29, 1.82) is 0 Å². The fourth-order valence-electron chi connectivity index (χ4n) is 8.58. The van der Waals surface area contributed by atoms with Gasteiger partial charge in [-0.25, -0.2) is 4.98 Å². The Morgan fingerprint density at radius 3 is 2.31 bits per heavy atom. The molecule has 1 saturated heterocycles. The fraction of sp³-hybridized carbons (Fsp3) is 0.226. The van der Waals surface area contributed by atoms with Crippen LogP contribution >= 0.6 is 0 Å². The van der Waals surface area contributed by atoms with Crippen LogP contribution in [0.1, 0.15) is 40.2 Å². The topological polar surface area (TPSA) is 138 Å². The highest BCUT2D eigenvalue weighted by atomic mass is 16.5. The number of anilines is 7. The van der Waals surface area contributed by atoms with Crippen LogP contribution in [0.25, 0.3) is 33.2 Å². The minimum atomic E-state index is -0.274. The van der Waals surface area contributed by atoms with E-state index in [2.05, 4.69) is 121 Å². The van der Waals surface area contributed by atoms with Gasteiger partial charge in [-0.2, -0.15) is 0 Å². The number of fused-ring (bicyclic) bond motifs is 2. The van der Waals surface area contributed by atoms with Crippen molar-refractivity contribution in [2.75, 3.05) is 85.0 Å². The van der Waals surface area contributed by atoms with Crippen LogP contribution in [0, 0.1) is 0 Å². The second kappa shape index (κ2) is 19.0. The van der Waals surface area contributed by atoms with Gasteiger partial charge in [-0.05, 0) is 89.9 Å². The van der Waals surface area contributed by atoms with Gasteiger partial charge in [0.05, 0.1) is 40.4 Å². The number of carbonyl (C=O) groups is 1. The van der Waals surface area contributed by atoms with Gasteiger partial charge in [-0.3, -0.25) is 9.78 Å². The van der Waals surface area contributed by atoms with E-state index in [1.165, 1.54) is 46.5 Å². The predicted octanol–water partition coefficient (Wildman–Crippen LogP) is 9.64. The Kier molecular flexibility index (Phi) is 12.5. The van der Waals surface area contributed by atoms with Crippen molar-refractivity contribution >= 4 is 56.8 Å². The van der Waals surface area contributed by atoms with E-state index in [4.69, 9.17) is 16.2 Å². The van der Waals surface area contributed by atoms with Gasteiger partial charge in [0.2, 0.25) is 0 Å². The number of hydrogen-bond donors (Lipinski definition) is 4. The Morgan fingerprint density at radius 2 is 1.58 bits per heavy atom. The molecule has 2 fully saturated rings. The molecule has 0 spiro atoms. The number of likely N-dealkylation sites (N-methyl/N-ethyl adjacent to an activating group) is 1. The van der Waals surface area contributed by atoms with E-state index in [1.54, 1.807) is 19.5 Å². The molecule has 6 N–H and O–H groups in total. The number of ether oxygens (including phenoxy) is 1. The number of nitrogens with two attached hydrogens (primary N) is 2. The molecular weight excluding hydrogens is 795 g/mol. The van der Waals surface area contributed by atoms with Crippen molar-refractivity contribution < 1.29 is 9.53 Å². The molecule has 4 heterocycles. The summed E-state index contributed by atoms with van der Waals surface area (Å²) < 4.78 is 5.34. The van der Waals surface area contributed by atoms with Crippen molar-refractivity contribution in [3.8, 4) is 22.3 Å². The number of methoxy groups -OCH3 is 1. The molecule has 64 heavy (non-hydrogen) atoms. The molecule has 1 aliphatic carbocycles. The fourth-order valence-corrected chi connectivity index (χ4v) is 8.58. The zero-order valence-corrected chi connectivity index (χ0v) is 36.5.